The van der Waals surface area contributed by atoms with Gasteiger partial charge in [-0.2, -0.15) is 17.7 Å². The molecule has 180 valence electrons. The van der Waals surface area contributed by atoms with Gasteiger partial charge in [0.2, 0.25) is 5.91 Å². The lowest BCUT2D eigenvalue weighted by Gasteiger charge is -2.33. The van der Waals surface area contributed by atoms with Gasteiger partial charge >= 0.3 is 0 Å². The number of nitrogen functional groups attached to an aromatic ring is 1. The van der Waals surface area contributed by atoms with E-state index in [0.29, 0.717) is 52.5 Å². The molecule has 1 aromatic carbocycles. The molecule has 1 aliphatic rings. The predicted molar refractivity (Wildman–Crippen MR) is 133 cm³/mol. The van der Waals surface area contributed by atoms with E-state index in [9.17, 15) is 9.59 Å². The van der Waals surface area contributed by atoms with Crippen LogP contribution in [-0.2, 0) is 4.79 Å². The quantitative estimate of drug-likeness (QED) is 0.310. The predicted octanol–water partition coefficient (Wildman–Crippen LogP) is 2.34. The van der Waals surface area contributed by atoms with Crippen LogP contribution in [0.1, 0.15) is 42.6 Å². The van der Waals surface area contributed by atoms with Crippen molar-refractivity contribution in [2.75, 3.05) is 24.6 Å². The minimum absolute atomic E-state index is 0.00286. The molecular weight excluding hydrogens is 466 g/mol. The molecule has 1 amide bonds. The number of ketones is 1. The van der Waals surface area contributed by atoms with Crippen molar-refractivity contribution in [3.8, 4) is 17.1 Å². The fourth-order valence-corrected chi connectivity index (χ4v) is 4.60. The Kier molecular flexibility index (Phi) is 6.20. The van der Waals surface area contributed by atoms with E-state index in [1.807, 2.05) is 21.7 Å². The fourth-order valence-electron chi connectivity index (χ4n) is 4.41. The van der Waals surface area contributed by atoms with Gasteiger partial charge < -0.3 is 10.6 Å². The van der Waals surface area contributed by atoms with Gasteiger partial charge in [0.25, 0.3) is 0 Å². The fraction of sp³-hybridized carbons (Fsp3) is 0.348. The molecule has 4 heterocycles. The second kappa shape index (κ2) is 9.45. The van der Waals surface area contributed by atoms with Gasteiger partial charge in [-0.15, -0.1) is 5.10 Å². The molecule has 35 heavy (non-hydrogen) atoms. The van der Waals surface area contributed by atoms with E-state index in [1.165, 1.54) is 13.3 Å². The summed E-state index contributed by atoms with van der Waals surface area (Å²) in [5.74, 6) is 0.910. The number of carbonyl (C=O) groups excluding carboxylic acids is 2. The minimum Gasteiger partial charge on any atom is -0.383 e. The minimum atomic E-state index is -0.0488. The van der Waals surface area contributed by atoms with Crippen molar-refractivity contribution in [2.24, 2.45) is 0 Å². The van der Waals surface area contributed by atoms with Crippen molar-refractivity contribution in [1.82, 2.24) is 39.6 Å². The molecule has 1 fully saturated rings. The third-order valence-electron chi connectivity index (χ3n) is 6.21. The van der Waals surface area contributed by atoms with Crippen LogP contribution in [0.4, 0.5) is 5.82 Å². The molecule has 0 spiro atoms. The standard InChI is InChI=1S/C23H25N9O2S/c1-14(33)15-4-6-16(7-5-15)31-12-18(27-29-31)21-20-22(24)25-13-26-23(20)32(28-21)17-3-2-9-30(11-17)19(34)8-10-35/h4-7,12-13,17,35H,2-3,8-11H2,1H3,(H2,24,25,26)/t17-/m1/s1. The number of likely N-dealkylation sites (tertiary alicyclic amines) is 1. The molecule has 1 saturated heterocycles. The topological polar surface area (TPSA) is 138 Å². The molecule has 3 aromatic heterocycles. The number of benzene rings is 1. The first-order valence-corrected chi connectivity index (χ1v) is 12.0. The molecule has 1 atom stereocenters. The number of hydrogen-bond acceptors (Lipinski definition) is 9. The summed E-state index contributed by atoms with van der Waals surface area (Å²) in [6.45, 7) is 2.79. The van der Waals surface area contributed by atoms with Gasteiger partial charge in [0.1, 0.15) is 23.5 Å². The summed E-state index contributed by atoms with van der Waals surface area (Å²) in [4.78, 5) is 34.5. The van der Waals surface area contributed by atoms with Crippen LogP contribution in [0.25, 0.3) is 28.1 Å². The van der Waals surface area contributed by atoms with E-state index in [0.717, 1.165) is 25.1 Å². The number of piperidine rings is 1. The van der Waals surface area contributed by atoms with Crippen LogP contribution in [-0.4, -0.2) is 70.2 Å². The molecule has 0 bridgehead atoms. The number of Topliss-reactive ketones (excluding diaryl/α,β-unsaturated/α-hetero) is 1. The van der Waals surface area contributed by atoms with Crippen LogP contribution in [0.3, 0.4) is 0 Å². The van der Waals surface area contributed by atoms with Gasteiger partial charge in [-0.1, -0.05) is 5.21 Å². The first-order chi connectivity index (χ1) is 17.0. The van der Waals surface area contributed by atoms with Crippen LogP contribution in [0.2, 0.25) is 0 Å². The highest BCUT2D eigenvalue weighted by molar-refractivity contribution is 7.80. The SMILES string of the molecule is CC(=O)c1ccc(-n2cc(-c3nn([C@@H]4CCCN(C(=O)CCS)C4)c4ncnc(N)c34)nn2)cc1. The summed E-state index contributed by atoms with van der Waals surface area (Å²) in [5, 5.41) is 14.0. The Labute approximate surface area is 206 Å². The van der Waals surface area contributed by atoms with E-state index in [4.69, 9.17) is 10.8 Å². The Bertz CT molecular complexity index is 1400. The summed E-state index contributed by atoms with van der Waals surface area (Å²) < 4.78 is 3.45. The number of hydrogen-bond donors (Lipinski definition) is 2. The maximum absolute atomic E-state index is 12.5. The van der Waals surface area contributed by atoms with Crippen LogP contribution in [0, 0.1) is 0 Å². The first-order valence-electron chi connectivity index (χ1n) is 11.4. The maximum atomic E-state index is 12.5. The zero-order valence-electron chi connectivity index (χ0n) is 19.2. The maximum Gasteiger partial charge on any atom is 0.223 e. The van der Waals surface area contributed by atoms with Crippen molar-refractivity contribution in [3.63, 3.8) is 0 Å². The highest BCUT2D eigenvalue weighted by atomic mass is 32.1. The number of amides is 1. The number of aromatic nitrogens is 7. The number of anilines is 1. The van der Waals surface area contributed by atoms with Gasteiger partial charge in [-0.05, 0) is 49.8 Å². The second-order valence-electron chi connectivity index (χ2n) is 8.51. The van der Waals surface area contributed by atoms with Crippen molar-refractivity contribution in [3.05, 3.63) is 42.4 Å². The average Bonchev–Trinajstić information content (AvgIpc) is 3.50. The van der Waals surface area contributed by atoms with Gasteiger partial charge in [0.15, 0.2) is 11.4 Å². The molecule has 0 unspecified atom stereocenters. The third kappa shape index (κ3) is 4.36. The second-order valence-corrected chi connectivity index (χ2v) is 8.96. The largest absolute Gasteiger partial charge is 0.383 e. The monoisotopic (exact) mass is 491 g/mol. The summed E-state index contributed by atoms with van der Waals surface area (Å²) in [5.41, 5.74) is 9.28. The lowest BCUT2D eigenvalue weighted by molar-refractivity contribution is -0.132. The molecule has 5 rings (SSSR count). The third-order valence-corrected chi connectivity index (χ3v) is 6.44. The number of nitrogens with two attached hydrogens (primary N) is 1. The molecule has 0 saturated carbocycles. The number of nitrogens with zero attached hydrogens (tertiary/aromatic N) is 8. The molecule has 11 nitrogen and oxygen atoms in total. The lowest BCUT2D eigenvalue weighted by atomic mass is 10.1. The first kappa shape index (κ1) is 23.0. The molecule has 1 aliphatic heterocycles. The van der Waals surface area contributed by atoms with E-state index < -0.39 is 0 Å². The van der Waals surface area contributed by atoms with Crippen LogP contribution >= 0.6 is 12.6 Å². The van der Waals surface area contributed by atoms with Crippen LogP contribution in [0.15, 0.2) is 36.8 Å². The van der Waals surface area contributed by atoms with Crippen LogP contribution < -0.4 is 5.73 Å². The molecule has 4 aromatic rings. The van der Waals surface area contributed by atoms with Gasteiger partial charge in [-0.25, -0.2) is 19.3 Å². The summed E-state index contributed by atoms with van der Waals surface area (Å²) in [6.07, 6.45) is 5.31. The number of rotatable bonds is 6. The molecule has 2 N–H and O–H groups in total. The summed E-state index contributed by atoms with van der Waals surface area (Å²) in [6, 6.07) is 7.06. The van der Waals surface area contributed by atoms with Crippen molar-refractivity contribution in [1.29, 1.82) is 0 Å². The summed E-state index contributed by atoms with van der Waals surface area (Å²) in [7, 11) is 0. The Hall–Kier alpha value is -3.80. The zero-order valence-corrected chi connectivity index (χ0v) is 20.1. The highest BCUT2D eigenvalue weighted by Crippen LogP contribution is 2.33. The van der Waals surface area contributed by atoms with Gasteiger partial charge in [0.05, 0.1) is 23.3 Å². The van der Waals surface area contributed by atoms with Crippen molar-refractivity contribution in [2.45, 2.75) is 32.2 Å². The Morgan fingerprint density at radius 1 is 1.20 bits per heavy atom. The Morgan fingerprint density at radius 2 is 2.00 bits per heavy atom. The van der Waals surface area contributed by atoms with Gasteiger partial charge in [0, 0.05) is 25.1 Å². The average molecular weight is 492 g/mol. The lowest BCUT2D eigenvalue weighted by Crippen LogP contribution is -2.41. The van der Waals surface area contributed by atoms with Gasteiger partial charge in [-0.3, -0.25) is 9.59 Å². The molecule has 0 radical (unpaired) electrons. The Balaban J connectivity index is 1.51. The molecular formula is C23H25N9O2S. The number of thiol groups is 1. The van der Waals surface area contributed by atoms with Crippen molar-refractivity contribution < 1.29 is 9.59 Å². The zero-order chi connectivity index (χ0) is 24.5. The molecule has 12 heteroatoms. The van der Waals surface area contributed by atoms with Crippen LogP contribution in [0.5, 0.6) is 0 Å². The van der Waals surface area contributed by atoms with E-state index in [1.54, 1.807) is 23.0 Å². The normalized spacial score (nSPS) is 16.1. The van der Waals surface area contributed by atoms with E-state index >= 15 is 0 Å². The Morgan fingerprint density at radius 3 is 2.74 bits per heavy atom. The smallest absolute Gasteiger partial charge is 0.223 e. The number of carbonyl (C=O) groups is 2. The summed E-state index contributed by atoms with van der Waals surface area (Å²) >= 11 is 4.19. The van der Waals surface area contributed by atoms with Crippen molar-refractivity contribution >= 4 is 41.2 Å². The molecule has 0 aliphatic carbocycles. The number of fused-ring (bicyclic) bond motifs is 1. The van der Waals surface area contributed by atoms with E-state index in [2.05, 4.69) is 32.9 Å². The van der Waals surface area contributed by atoms with E-state index in [-0.39, 0.29) is 17.7 Å². The highest BCUT2D eigenvalue weighted by Gasteiger charge is 2.29.